The molecule has 0 amide bonds. The highest BCUT2D eigenvalue weighted by molar-refractivity contribution is 9.10. The highest BCUT2D eigenvalue weighted by Crippen LogP contribution is 2.27. The second-order valence-corrected chi connectivity index (χ2v) is 6.06. The van der Waals surface area contributed by atoms with Crippen molar-refractivity contribution in [1.82, 2.24) is 0 Å². The summed E-state index contributed by atoms with van der Waals surface area (Å²) in [6.07, 6.45) is 1.93. The third kappa shape index (κ3) is 4.44. The minimum atomic E-state index is 0.825. The van der Waals surface area contributed by atoms with E-state index in [4.69, 9.17) is 0 Å². The van der Waals surface area contributed by atoms with E-state index in [1.807, 2.05) is 12.1 Å². The monoisotopic (exact) mass is 333 g/mol. The summed E-state index contributed by atoms with van der Waals surface area (Å²) >= 11 is 5.29. The van der Waals surface area contributed by atoms with Gasteiger partial charge in [-0.05, 0) is 29.8 Å². The summed E-state index contributed by atoms with van der Waals surface area (Å²) in [7, 11) is 0. The summed E-state index contributed by atoms with van der Waals surface area (Å²) in [5, 5.41) is 3.49. The van der Waals surface area contributed by atoms with Crippen molar-refractivity contribution in [3.05, 3.63) is 71.2 Å². The van der Waals surface area contributed by atoms with Crippen LogP contribution in [0.3, 0.4) is 0 Å². The zero-order chi connectivity index (χ0) is 13.5. The van der Waals surface area contributed by atoms with Gasteiger partial charge < -0.3 is 5.32 Å². The van der Waals surface area contributed by atoms with Crippen molar-refractivity contribution in [3.63, 3.8) is 0 Å². The second kappa shape index (κ2) is 7.41. The number of hydrogen-bond donors (Lipinski definition) is 1. The lowest BCUT2D eigenvalue weighted by molar-refractivity contribution is 1.13. The molecule has 1 nitrogen and oxygen atoms in total. The summed E-state index contributed by atoms with van der Waals surface area (Å²) in [6.45, 7) is 4.59. The molecular weight excluding hydrogens is 318 g/mol. The Hall–Kier alpha value is -1.19. The van der Waals surface area contributed by atoms with E-state index in [9.17, 15) is 0 Å². The smallest absolute Gasteiger partial charge is 0.0481 e. The normalized spacial score (nSPS) is 10.2. The van der Waals surface area contributed by atoms with Crippen LogP contribution in [-0.4, -0.2) is 5.75 Å². The summed E-state index contributed by atoms with van der Waals surface area (Å²) in [5.74, 6) is 0.926. The zero-order valence-corrected chi connectivity index (χ0v) is 13.0. The molecule has 0 bridgehead atoms. The summed E-state index contributed by atoms with van der Waals surface area (Å²) in [4.78, 5) is 1.26. The van der Waals surface area contributed by atoms with Crippen molar-refractivity contribution < 1.29 is 0 Å². The quantitative estimate of drug-likeness (QED) is 0.565. The predicted molar refractivity (Wildman–Crippen MR) is 88.8 cm³/mol. The van der Waals surface area contributed by atoms with Crippen LogP contribution in [0.5, 0.6) is 0 Å². The maximum absolute atomic E-state index is 3.76. The molecule has 0 unspecified atom stereocenters. The van der Waals surface area contributed by atoms with E-state index in [1.54, 1.807) is 11.8 Å². The third-order valence-electron chi connectivity index (χ3n) is 2.62. The number of thioether (sulfide) groups is 1. The van der Waals surface area contributed by atoms with Crippen molar-refractivity contribution in [2.45, 2.75) is 11.4 Å². The first kappa shape index (κ1) is 14.2. The molecule has 0 heterocycles. The fraction of sp³-hybridized carbons (Fsp3) is 0.125. The standard InChI is InChI=1S/C16H16BrNS/c1-2-10-19-16-9-4-3-8-15(16)18-12-13-6-5-7-14(17)11-13/h2-9,11,18H,1,10,12H2. The van der Waals surface area contributed by atoms with Crippen LogP contribution in [0.1, 0.15) is 5.56 Å². The molecule has 0 saturated heterocycles. The van der Waals surface area contributed by atoms with Crippen LogP contribution in [0.25, 0.3) is 0 Å². The molecule has 3 heteroatoms. The van der Waals surface area contributed by atoms with Crippen molar-refractivity contribution in [3.8, 4) is 0 Å². The van der Waals surface area contributed by atoms with Gasteiger partial charge in [0.15, 0.2) is 0 Å². The van der Waals surface area contributed by atoms with Crippen LogP contribution in [0, 0.1) is 0 Å². The van der Waals surface area contributed by atoms with E-state index in [0.29, 0.717) is 0 Å². The first-order valence-electron chi connectivity index (χ1n) is 6.10. The molecule has 0 aliphatic carbocycles. The fourth-order valence-electron chi connectivity index (χ4n) is 1.73. The largest absolute Gasteiger partial charge is 0.380 e. The van der Waals surface area contributed by atoms with Gasteiger partial charge in [-0.1, -0.05) is 46.3 Å². The molecule has 2 aromatic carbocycles. The Morgan fingerprint density at radius 2 is 2.00 bits per heavy atom. The maximum atomic E-state index is 3.76. The molecule has 0 aliphatic rings. The van der Waals surface area contributed by atoms with Gasteiger partial charge in [-0.25, -0.2) is 0 Å². The average molecular weight is 334 g/mol. The van der Waals surface area contributed by atoms with E-state index in [1.165, 1.54) is 16.1 Å². The molecule has 0 aromatic heterocycles. The topological polar surface area (TPSA) is 12.0 Å². The number of nitrogens with one attached hydrogen (secondary N) is 1. The number of halogens is 1. The van der Waals surface area contributed by atoms with Crippen LogP contribution >= 0.6 is 27.7 Å². The number of anilines is 1. The molecule has 0 saturated carbocycles. The van der Waals surface area contributed by atoms with Gasteiger partial charge in [0, 0.05) is 27.4 Å². The lowest BCUT2D eigenvalue weighted by atomic mass is 10.2. The van der Waals surface area contributed by atoms with Crippen LogP contribution < -0.4 is 5.32 Å². The minimum Gasteiger partial charge on any atom is -0.380 e. The Morgan fingerprint density at radius 1 is 1.16 bits per heavy atom. The van der Waals surface area contributed by atoms with E-state index in [2.05, 4.69) is 70.3 Å². The Labute approximate surface area is 127 Å². The number of benzene rings is 2. The first-order valence-corrected chi connectivity index (χ1v) is 7.88. The SMILES string of the molecule is C=CCSc1ccccc1NCc1cccc(Br)c1. The average Bonchev–Trinajstić information content (AvgIpc) is 2.44. The lowest BCUT2D eigenvalue weighted by Crippen LogP contribution is -2.00. The van der Waals surface area contributed by atoms with Gasteiger partial charge in [0.25, 0.3) is 0 Å². The first-order chi connectivity index (χ1) is 9.29. The van der Waals surface area contributed by atoms with Crippen LogP contribution in [0.4, 0.5) is 5.69 Å². The Morgan fingerprint density at radius 3 is 2.79 bits per heavy atom. The molecule has 0 fully saturated rings. The van der Waals surface area contributed by atoms with Crippen LogP contribution in [0.15, 0.2) is 70.6 Å². The fourth-order valence-corrected chi connectivity index (χ4v) is 2.95. The Kier molecular flexibility index (Phi) is 5.55. The third-order valence-corrected chi connectivity index (χ3v) is 4.18. The molecule has 1 N–H and O–H groups in total. The van der Waals surface area contributed by atoms with E-state index in [-0.39, 0.29) is 0 Å². The van der Waals surface area contributed by atoms with Gasteiger partial charge in [-0.3, -0.25) is 0 Å². The van der Waals surface area contributed by atoms with Crippen molar-refractivity contribution in [1.29, 1.82) is 0 Å². The number of hydrogen-bond acceptors (Lipinski definition) is 2. The summed E-state index contributed by atoms with van der Waals surface area (Å²) < 4.78 is 1.11. The highest BCUT2D eigenvalue weighted by Gasteiger charge is 2.01. The van der Waals surface area contributed by atoms with Crippen molar-refractivity contribution >= 4 is 33.4 Å². The lowest BCUT2D eigenvalue weighted by Gasteiger charge is -2.11. The Balaban J connectivity index is 2.04. The van der Waals surface area contributed by atoms with E-state index in [0.717, 1.165) is 16.8 Å². The maximum Gasteiger partial charge on any atom is 0.0481 e. The van der Waals surface area contributed by atoms with Gasteiger partial charge in [0.2, 0.25) is 0 Å². The van der Waals surface area contributed by atoms with E-state index >= 15 is 0 Å². The number of para-hydroxylation sites is 1. The van der Waals surface area contributed by atoms with Gasteiger partial charge in [0.1, 0.15) is 0 Å². The molecule has 98 valence electrons. The molecular formula is C16H16BrNS. The Bertz CT molecular complexity index is 554. The summed E-state index contributed by atoms with van der Waals surface area (Å²) in [5.41, 5.74) is 2.44. The molecule has 0 atom stereocenters. The second-order valence-electron chi connectivity index (χ2n) is 4.08. The van der Waals surface area contributed by atoms with Gasteiger partial charge in [0.05, 0.1) is 0 Å². The van der Waals surface area contributed by atoms with Gasteiger partial charge >= 0.3 is 0 Å². The predicted octanol–water partition coefficient (Wildman–Crippen LogP) is 5.34. The van der Waals surface area contributed by atoms with Gasteiger partial charge in [-0.15, -0.1) is 18.3 Å². The van der Waals surface area contributed by atoms with Crippen molar-refractivity contribution in [2.24, 2.45) is 0 Å². The molecule has 19 heavy (non-hydrogen) atoms. The van der Waals surface area contributed by atoms with Crippen molar-refractivity contribution in [2.75, 3.05) is 11.1 Å². The molecule has 2 rings (SSSR count). The minimum absolute atomic E-state index is 0.825. The zero-order valence-electron chi connectivity index (χ0n) is 10.6. The molecule has 0 aliphatic heterocycles. The summed E-state index contributed by atoms with van der Waals surface area (Å²) in [6, 6.07) is 16.7. The van der Waals surface area contributed by atoms with Crippen LogP contribution in [-0.2, 0) is 6.54 Å². The molecule has 0 radical (unpaired) electrons. The number of rotatable bonds is 6. The van der Waals surface area contributed by atoms with Gasteiger partial charge in [-0.2, -0.15) is 0 Å². The molecule has 0 spiro atoms. The molecule has 2 aromatic rings. The van der Waals surface area contributed by atoms with E-state index < -0.39 is 0 Å². The van der Waals surface area contributed by atoms with Crippen LogP contribution in [0.2, 0.25) is 0 Å². The highest BCUT2D eigenvalue weighted by atomic mass is 79.9.